The van der Waals surface area contributed by atoms with Crippen molar-refractivity contribution in [1.29, 1.82) is 5.26 Å². The van der Waals surface area contributed by atoms with Crippen molar-refractivity contribution < 1.29 is 13.2 Å². The molecule has 21 heavy (non-hydrogen) atoms. The van der Waals surface area contributed by atoms with Crippen LogP contribution in [0.1, 0.15) is 36.9 Å². The molecule has 3 nitrogen and oxygen atoms in total. The quantitative estimate of drug-likeness (QED) is 0.899. The minimum atomic E-state index is -4.08. The number of nitrogens with two attached hydrogens (primary N) is 1. The largest absolute Gasteiger partial charge is 0.397 e. The minimum absolute atomic E-state index is 0.108. The Morgan fingerprint density at radius 2 is 1.95 bits per heavy atom. The third kappa shape index (κ3) is 3.97. The van der Waals surface area contributed by atoms with Crippen LogP contribution >= 0.6 is 0 Å². The smallest absolute Gasteiger partial charge is 0.391 e. The summed E-state index contributed by atoms with van der Waals surface area (Å²) in [4.78, 5) is 3.92. The molecule has 1 aliphatic rings. The first-order valence-corrected chi connectivity index (χ1v) is 6.80. The van der Waals surface area contributed by atoms with Crippen LogP contribution in [-0.4, -0.2) is 11.2 Å². The van der Waals surface area contributed by atoms with Crippen LogP contribution < -0.4 is 5.73 Å². The van der Waals surface area contributed by atoms with E-state index in [9.17, 15) is 13.2 Å². The first-order valence-electron chi connectivity index (χ1n) is 6.80. The molecule has 2 N–H and O–H groups in total. The standard InChI is InChI=1S/C15H16F3N3/c16-15(17,18)12-5-2-10(3-6-12)1-4-11-7-13(20)9-21-14(11)8-19/h1,4,7,9-10,12H,2-3,5-6,20H2/b4-1+. The normalized spacial score (nSPS) is 23.1. The Hall–Kier alpha value is -2.03. The van der Waals surface area contributed by atoms with Gasteiger partial charge in [0.25, 0.3) is 0 Å². The summed E-state index contributed by atoms with van der Waals surface area (Å²) in [7, 11) is 0. The molecule has 6 heteroatoms. The lowest BCUT2D eigenvalue weighted by molar-refractivity contribution is -0.183. The summed E-state index contributed by atoms with van der Waals surface area (Å²) in [5, 5.41) is 8.96. The number of nitrogens with zero attached hydrogens (tertiary/aromatic N) is 2. The van der Waals surface area contributed by atoms with E-state index in [0.29, 0.717) is 24.1 Å². The lowest BCUT2D eigenvalue weighted by atomic mass is 9.81. The number of allylic oxidation sites excluding steroid dienone is 1. The van der Waals surface area contributed by atoms with Crippen LogP contribution in [0, 0.1) is 23.2 Å². The first-order chi connectivity index (χ1) is 9.90. The summed E-state index contributed by atoms with van der Waals surface area (Å²) in [5.41, 5.74) is 6.95. The van der Waals surface area contributed by atoms with Crippen LogP contribution in [0.5, 0.6) is 0 Å². The van der Waals surface area contributed by atoms with Crippen molar-refractivity contribution >= 4 is 11.8 Å². The van der Waals surface area contributed by atoms with Crippen molar-refractivity contribution in [3.05, 3.63) is 29.6 Å². The van der Waals surface area contributed by atoms with Gasteiger partial charge in [0.2, 0.25) is 0 Å². The zero-order valence-electron chi connectivity index (χ0n) is 11.4. The number of nitriles is 1. The number of halogens is 3. The van der Waals surface area contributed by atoms with Crippen molar-refractivity contribution in [3.63, 3.8) is 0 Å². The molecule has 0 bridgehead atoms. The van der Waals surface area contributed by atoms with Gasteiger partial charge in [0.05, 0.1) is 17.8 Å². The van der Waals surface area contributed by atoms with Crippen molar-refractivity contribution in [3.8, 4) is 6.07 Å². The van der Waals surface area contributed by atoms with Gasteiger partial charge >= 0.3 is 6.18 Å². The highest BCUT2D eigenvalue weighted by Crippen LogP contribution is 2.39. The van der Waals surface area contributed by atoms with Crippen LogP contribution in [0.25, 0.3) is 6.08 Å². The summed E-state index contributed by atoms with van der Waals surface area (Å²) < 4.78 is 37.8. The lowest BCUT2D eigenvalue weighted by Crippen LogP contribution is -2.27. The van der Waals surface area contributed by atoms with Crippen LogP contribution in [0.2, 0.25) is 0 Å². The van der Waals surface area contributed by atoms with Gasteiger partial charge in [-0.25, -0.2) is 4.98 Å². The van der Waals surface area contributed by atoms with Gasteiger partial charge in [0.15, 0.2) is 0 Å². The summed E-state index contributed by atoms with van der Waals surface area (Å²) in [6.45, 7) is 0. The third-order valence-corrected chi connectivity index (χ3v) is 3.83. The maximum absolute atomic E-state index is 12.6. The fourth-order valence-electron chi connectivity index (χ4n) is 2.60. The second-order valence-electron chi connectivity index (χ2n) is 5.33. The maximum Gasteiger partial charge on any atom is 0.391 e. The Kier molecular flexibility index (Phi) is 4.51. The lowest BCUT2D eigenvalue weighted by Gasteiger charge is -2.28. The minimum Gasteiger partial charge on any atom is -0.397 e. The van der Waals surface area contributed by atoms with E-state index in [1.165, 1.54) is 6.20 Å². The maximum atomic E-state index is 12.6. The number of alkyl halides is 3. The Morgan fingerprint density at radius 3 is 2.52 bits per heavy atom. The van der Waals surface area contributed by atoms with E-state index in [4.69, 9.17) is 11.0 Å². The first kappa shape index (κ1) is 15.4. The highest BCUT2D eigenvalue weighted by molar-refractivity contribution is 5.60. The van der Waals surface area contributed by atoms with E-state index >= 15 is 0 Å². The van der Waals surface area contributed by atoms with Gasteiger partial charge in [-0.15, -0.1) is 0 Å². The molecule has 1 aliphatic carbocycles. The molecular formula is C15H16F3N3. The summed E-state index contributed by atoms with van der Waals surface area (Å²) in [5.74, 6) is -1.07. The molecule has 0 spiro atoms. The van der Waals surface area contributed by atoms with E-state index in [-0.39, 0.29) is 24.5 Å². The zero-order chi connectivity index (χ0) is 15.5. The molecule has 0 saturated heterocycles. The molecule has 112 valence electrons. The topological polar surface area (TPSA) is 62.7 Å². The van der Waals surface area contributed by atoms with Gasteiger partial charge in [-0.05, 0) is 37.7 Å². The van der Waals surface area contributed by atoms with Crippen molar-refractivity contribution in [1.82, 2.24) is 4.98 Å². The van der Waals surface area contributed by atoms with Gasteiger partial charge in [-0.3, -0.25) is 0 Å². The molecule has 1 aromatic rings. The number of pyridine rings is 1. The molecule has 0 atom stereocenters. The van der Waals surface area contributed by atoms with E-state index in [0.717, 1.165) is 0 Å². The van der Waals surface area contributed by atoms with E-state index in [1.807, 2.05) is 12.1 Å². The van der Waals surface area contributed by atoms with Crippen LogP contribution in [0.4, 0.5) is 18.9 Å². The number of hydrogen-bond acceptors (Lipinski definition) is 3. The average Bonchev–Trinajstić information content (AvgIpc) is 2.45. The number of anilines is 1. The predicted molar refractivity (Wildman–Crippen MR) is 73.9 cm³/mol. The molecular weight excluding hydrogens is 279 g/mol. The summed E-state index contributed by atoms with van der Waals surface area (Å²) >= 11 is 0. The zero-order valence-corrected chi connectivity index (χ0v) is 11.4. The van der Waals surface area contributed by atoms with Crippen LogP contribution in [-0.2, 0) is 0 Å². The molecule has 1 saturated carbocycles. The Balaban J connectivity index is 2.01. The summed E-state index contributed by atoms with van der Waals surface area (Å²) in [6.07, 6.45) is 2.28. The second kappa shape index (κ2) is 6.17. The second-order valence-corrected chi connectivity index (χ2v) is 5.33. The van der Waals surface area contributed by atoms with Gasteiger partial charge in [0, 0.05) is 5.56 Å². The van der Waals surface area contributed by atoms with Crippen molar-refractivity contribution in [2.45, 2.75) is 31.9 Å². The monoisotopic (exact) mass is 295 g/mol. The molecule has 1 aromatic heterocycles. The molecule has 0 radical (unpaired) electrons. The highest BCUT2D eigenvalue weighted by atomic mass is 19.4. The molecule has 1 fully saturated rings. The Morgan fingerprint density at radius 1 is 1.29 bits per heavy atom. The third-order valence-electron chi connectivity index (χ3n) is 3.83. The van der Waals surface area contributed by atoms with Crippen LogP contribution in [0.15, 0.2) is 18.3 Å². The van der Waals surface area contributed by atoms with Crippen LogP contribution in [0.3, 0.4) is 0 Å². The van der Waals surface area contributed by atoms with Gasteiger partial charge < -0.3 is 5.73 Å². The van der Waals surface area contributed by atoms with E-state index < -0.39 is 12.1 Å². The van der Waals surface area contributed by atoms with Crippen molar-refractivity contribution in [2.24, 2.45) is 11.8 Å². The Labute approximate surface area is 121 Å². The Bertz CT molecular complexity index is 565. The molecule has 0 unspecified atom stereocenters. The van der Waals surface area contributed by atoms with E-state index in [1.54, 1.807) is 12.1 Å². The fourth-order valence-corrected chi connectivity index (χ4v) is 2.60. The predicted octanol–water partition coefficient (Wildman–Crippen LogP) is 3.92. The fraction of sp³-hybridized carbons (Fsp3) is 0.467. The SMILES string of the molecule is N#Cc1ncc(N)cc1/C=C/C1CCC(C(F)(F)F)CC1. The highest BCUT2D eigenvalue weighted by Gasteiger charge is 2.40. The van der Waals surface area contributed by atoms with Gasteiger partial charge in [0.1, 0.15) is 11.8 Å². The van der Waals surface area contributed by atoms with E-state index in [2.05, 4.69) is 4.98 Å². The average molecular weight is 295 g/mol. The molecule has 0 aromatic carbocycles. The molecule has 1 heterocycles. The summed E-state index contributed by atoms with van der Waals surface area (Å²) in [6, 6.07) is 3.61. The number of hydrogen-bond donors (Lipinski definition) is 1. The number of nitrogen functional groups attached to an aromatic ring is 1. The molecule has 2 rings (SSSR count). The van der Waals surface area contributed by atoms with Crippen molar-refractivity contribution in [2.75, 3.05) is 5.73 Å². The molecule has 0 aliphatic heterocycles. The van der Waals surface area contributed by atoms with Gasteiger partial charge in [-0.2, -0.15) is 18.4 Å². The number of aromatic nitrogens is 1. The molecule has 0 amide bonds. The number of rotatable bonds is 2. The van der Waals surface area contributed by atoms with Gasteiger partial charge in [-0.1, -0.05) is 12.2 Å².